The zero-order valence-corrected chi connectivity index (χ0v) is 16.5. The number of aromatic nitrogens is 2. The molecule has 0 aliphatic rings. The van der Waals surface area contributed by atoms with E-state index in [-0.39, 0.29) is 17.1 Å². The van der Waals surface area contributed by atoms with Crippen molar-refractivity contribution in [3.05, 3.63) is 82.3 Å². The van der Waals surface area contributed by atoms with Gasteiger partial charge in [0.2, 0.25) is 0 Å². The van der Waals surface area contributed by atoms with Gasteiger partial charge in [-0.25, -0.2) is 13.1 Å². The van der Waals surface area contributed by atoms with E-state index in [0.717, 1.165) is 17.5 Å². The minimum Gasteiger partial charge on any atom is -0.487 e. The Hall–Kier alpha value is -2.93. The van der Waals surface area contributed by atoms with E-state index >= 15 is 0 Å². The fraction of sp³-hybridized carbons (Fsp3) is 0.238. The minimum atomic E-state index is -2.48. The highest BCUT2D eigenvalue weighted by molar-refractivity contribution is 7.71. The van der Waals surface area contributed by atoms with E-state index in [1.807, 2.05) is 37.3 Å². The molecule has 1 heterocycles. The summed E-state index contributed by atoms with van der Waals surface area (Å²) in [5.41, 5.74) is 2.73. The van der Waals surface area contributed by atoms with Gasteiger partial charge in [-0.1, -0.05) is 61.5 Å². The van der Waals surface area contributed by atoms with Crippen molar-refractivity contribution in [2.24, 2.45) is 0 Å². The molecule has 0 N–H and O–H groups in total. The van der Waals surface area contributed by atoms with Gasteiger partial charge in [0.1, 0.15) is 10.7 Å². The van der Waals surface area contributed by atoms with Crippen LogP contribution in [0.25, 0.3) is 11.1 Å². The van der Waals surface area contributed by atoms with Crippen molar-refractivity contribution in [2.75, 3.05) is 6.61 Å². The maximum atomic E-state index is 13.0. The molecule has 0 unspecified atom stereocenters. The second-order valence-corrected chi connectivity index (χ2v) is 7.35. The summed E-state index contributed by atoms with van der Waals surface area (Å²) in [4.78, 5) is 13.0. The van der Waals surface area contributed by atoms with Gasteiger partial charge in [-0.3, -0.25) is 4.79 Å². The Morgan fingerprint density at radius 1 is 1.00 bits per heavy atom. The molecule has 0 atom stereocenters. The van der Waals surface area contributed by atoms with Crippen LogP contribution in [-0.4, -0.2) is 24.8 Å². The molecule has 146 valence electrons. The molecule has 0 saturated carbocycles. The van der Waals surface area contributed by atoms with Gasteiger partial charge in [-0.2, -0.15) is 5.10 Å². The first kappa shape index (κ1) is 19.8. The topological polar surface area (TPSA) is 78.3 Å². The van der Waals surface area contributed by atoms with Gasteiger partial charge in [-0.05, 0) is 23.1 Å². The normalized spacial score (nSPS) is 10.9. The molecular weight excluding hydrogens is 376 g/mol. The summed E-state index contributed by atoms with van der Waals surface area (Å²) >= 11 is 0. The predicted octanol–water partition coefficient (Wildman–Crippen LogP) is 2.86. The molecule has 28 heavy (non-hydrogen) atoms. The van der Waals surface area contributed by atoms with Crippen LogP contribution in [0.5, 0.6) is 5.75 Å². The second-order valence-electron chi connectivity index (χ2n) is 6.37. The Morgan fingerprint density at radius 2 is 1.71 bits per heavy atom. The molecular formula is C21H22N2O4S. The van der Waals surface area contributed by atoms with Crippen LogP contribution in [0.2, 0.25) is 0 Å². The summed E-state index contributed by atoms with van der Waals surface area (Å²) < 4.78 is 28.9. The lowest BCUT2D eigenvalue weighted by molar-refractivity contribution is 0.310. The summed E-state index contributed by atoms with van der Waals surface area (Å²) in [5, 5.41) is 4.32. The van der Waals surface area contributed by atoms with Crippen LogP contribution in [0, 0.1) is 0 Å². The number of ether oxygens (including phenoxy) is 1. The van der Waals surface area contributed by atoms with Crippen molar-refractivity contribution in [1.29, 1.82) is 0 Å². The number of nitrogens with zero attached hydrogens (tertiary/aromatic N) is 2. The van der Waals surface area contributed by atoms with Gasteiger partial charge >= 0.3 is 5.56 Å². The van der Waals surface area contributed by atoms with Gasteiger partial charge in [-0.15, -0.1) is 0 Å². The Balaban J connectivity index is 1.98. The van der Waals surface area contributed by atoms with E-state index in [9.17, 15) is 13.2 Å². The maximum Gasteiger partial charge on any atom is 0.310 e. The van der Waals surface area contributed by atoms with Crippen LogP contribution >= 0.6 is 0 Å². The summed E-state index contributed by atoms with van der Waals surface area (Å²) in [6.45, 7) is 2.76. The van der Waals surface area contributed by atoms with Crippen LogP contribution in [0.15, 0.2) is 65.6 Å². The number of thiol groups is 1. The van der Waals surface area contributed by atoms with Crippen molar-refractivity contribution in [3.8, 4) is 16.9 Å². The first-order valence-corrected chi connectivity index (χ1v) is 10.4. The van der Waals surface area contributed by atoms with Crippen molar-refractivity contribution in [3.63, 3.8) is 0 Å². The van der Waals surface area contributed by atoms with Gasteiger partial charge < -0.3 is 4.74 Å². The number of hydrogen-bond donors (Lipinski definition) is 1. The third kappa shape index (κ3) is 4.86. The maximum absolute atomic E-state index is 13.0. The summed E-state index contributed by atoms with van der Waals surface area (Å²) in [6.07, 6.45) is 2.40. The second kappa shape index (κ2) is 9.32. The smallest absolute Gasteiger partial charge is 0.310 e. The lowest BCUT2D eigenvalue weighted by Crippen LogP contribution is -2.25. The van der Waals surface area contributed by atoms with E-state index in [1.54, 1.807) is 30.5 Å². The molecule has 0 aliphatic carbocycles. The van der Waals surface area contributed by atoms with E-state index in [4.69, 9.17) is 4.74 Å². The van der Waals surface area contributed by atoms with Gasteiger partial charge in [0.25, 0.3) is 0 Å². The van der Waals surface area contributed by atoms with Crippen molar-refractivity contribution in [2.45, 2.75) is 25.6 Å². The predicted molar refractivity (Wildman–Crippen MR) is 109 cm³/mol. The quantitative estimate of drug-likeness (QED) is 0.591. The average Bonchev–Trinajstić information content (AvgIpc) is 2.69. The zero-order chi connectivity index (χ0) is 19.9. The molecule has 6 nitrogen and oxygen atoms in total. The number of rotatable bonds is 8. The standard InChI is InChI=1S/C21H22N2O4S/c1-2-12-27-20-19(18-10-8-17(9-11-18)15-28(25)26)13-22-23(21(20)24)14-16-6-4-3-5-7-16/h3-11,13,28H,2,12,14-15H2,1H3. The molecule has 3 aromatic rings. The van der Waals surface area contributed by atoms with Gasteiger partial charge in [0, 0.05) is 5.56 Å². The highest BCUT2D eigenvalue weighted by Crippen LogP contribution is 2.27. The Labute approximate surface area is 165 Å². The van der Waals surface area contributed by atoms with Crippen LogP contribution in [-0.2, 0) is 23.0 Å². The molecule has 7 heteroatoms. The fourth-order valence-corrected chi connectivity index (χ4v) is 3.34. The zero-order valence-electron chi connectivity index (χ0n) is 15.6. The van der Waals surface area contributed by atoms with Crippen LogP contribution < -0.4 is 10.3 Å². The molecule has 0 aliphatic heterocycles. The Kier molecular flexibility index (Phi) is 6.60. The first-order valence-electron chi connectivity index (χ1n) is 9.06. The first-order chi connectivity index (χ1) is 13.6. The number of benzene rings is 2. The van der Waals surface area contributed by atoms with E-state index < -0.39 is 10.7 Å². The van der Waals surface area contributed by atoms with E-state index in [1.165, 1.54) is 4.68 Å². The van der Waals surface area contributed by atoms with Crippen LogP contribution in [0.3, 0.4) is 0 Å². The molecule has 3 rings (SSSR count). The molecule has 1 aromatic heterocycles. The lowest BCUT2D eigenvalue weighted by atomic mass is 10.1. The highest BCUT2D eigenvalue weighted by Gasteiger charge is 2.15. The fourth-order valence-electron chi connectivity index (χ4n) is 2.83. The van der Waals surface area contributed by atoms with Crippen molar-refractivity contribution in [1.82, 2.24) is 9.78 Å². The average molecular weight is 398 g/mol. The van der Waals surface area contributed by atoms with Gasteiger partial charge in [0.15, 0.2) is 5.75 Å². The van der Waals surface area contributed by atoms with Gasteiger partial charge in [0.05, 0.1) is 25.1 Å². The molecule has 0 radical (unpaired) electrons. The Morgan fingerprint density at radius 3 is 2.36 bits per heavy atom. The summed E-state index contributed by atoms with van der Waals surface area (Å²) in [5.74, 6) is 0.251. The SMILES string of the molecule is CCCOc1c(-c2ccc(C[SH](=O)=O)cc2)cnn(Cc2ccccc2)c1=O. The molecule has 0 amide bonds. The molecule has 2 aromatic carbocycles. The number of hydrogen-bond acceptors (Lipinski definition) is 5. The van der Waals surface area contributed by atoms with Crippen molar-refractivity contribution >= 4 is 10.7 Å². The third-order valence-corrected chi connectivity index (χ3v) is 4.83. The van der Waals surface area contributed by atoms with E-state index in [0.29, 0.717) is 24.3 Å². The molecule has 0 saturated heterocycles. The highest BCUT2D eigenvalue weighted by atomic mass is 32.2. The largest absolute Gasteiger partial charge is 0.487 e. The van der Waals surface area contributed by atoms with Crippen molar-refractivity contribution < 1.29 is 13.2 Å². The molecule has 0 bridgehead atoms. The van der Waals surface area contributed by atoms with Crippen LogP contribution in [0.1, 0.15) is 24.5 Å². The van der Waals surface area contributed by atoms with Crippen LogP contribution in [0.4, 0.5) is 0 Å². The third-order valence-electron chi connectivity index (χ3n) is 4.20. The van der Waals surface area contributed by atoms with E-state index in [2.05, 4.69) is 5.10 Å². The summed E-state index contributed by atoms with van der Waals surface area (Å²) in [6, 6.07) is 16.7. The monoisotopic (exact) mass is 398 g/mol. The molecule has 0 spiro atoms. The molecule has 0 fully saturated rings. The summed E-state index contributed by atoms with van der Waals surface area (Å²) in [7, 11) is -2.48. The Bertz CT molecular complexity index is 1050. The lowest BCUT2D eigenvalue weighted by Gasteiger charge is -2.13. The minimum absolute atomic E-state index is 0.00821.